The van der Waals surface area contributed by atoms with E-state index in [4.69, 9.17) is 5.73 Å². The molecule has 1 amide bonds. The molecule has 1 aromatic carbocycles. The predicted octanol–water partition coefficient (Wildman–Crippen LogP) is 1.56. The van der Waals surface area contributed by atoms with Crippen LogP contribution in [0.4, 0.5) is 5.69 Å². The second-order valence-electron chi connectivity index (χ2n) is 4.90. The molecule has 0 saturated carbocycles. The van der Waals surface area contributed by atoms with E-state index in [1.165, 1.54) is 6.33 Å². The summed E-state index contributed by atoms with van der Waals surface area (Å²) in [6.07, 6.45) is 1.42. The van der Waals surface area contributed by atoms with Crippen LogP contribution in [0, 0.1) is 0 Å². The molecule has 2 heterocycles. The van der Waals surface area contributed by atoms with Crippen molar-refractivity contribution < 1.29 is 4.79 Å². The maximum Gasteiger partial charge on any atom is 0.252 e. The van der Waals surface area contributed by atoms with Gasteiger partial charge >= 0.3 is 0 Å². The highest BCUT2D eigenvalue weighted by Gasteiger charge is 2.15. The van der Waals surface area contributed by atoms with Gasteiger partial charge in [0.1, 0.15) is 6.33 Å². The van der Waals surface area contributed by atoms with Crippen molar-refractivity contribution in [3.63, 3.8) is 0 Å². The monoisotopic (exact) mass is 281 g/mol. The highest BCUT2D eigenvalue weighted by molar-refractivity contribution is 5.99. The van der Waals surface area contributed by atoms with E-state index in [0.29, 0.717) is 11.2 Å². The van der Waals surface area contributed by atoms with Crippen molar-refractivity contribution in [2.45, 2.75) is 0 Å². The highest BCUT2D eigenvalue weighted by atomic mass is 16.1. The molecule has 0 aliphatic heterocycles. The summed E-state index contributed by atoms with van der Waals surface area (Å²) in [6, 6.07) is 11.5. The summed E-state index contributed by atoms with van der Waals surface area (Å²) >= 11 is 0. The molecule has 6 heteroatoms. The number of primary amides is 1. The molecule has 0 fully saturated rings. The molecular weight excluding hydrogens is 266 g/mol. The fraction of sp³-hybridized carbons (Fsp3) is 0.133. The normalized spacial score (nSPS) is 10.8. The fourth-order valence-corrected chi connectivity index (χ4v) is 2.39. The highest BCUT2D eigenvalue weighted by Crippen LogP contribution is 2.30. The summed E-state index contributed by atoms with van der Waals surface area (Å²) in [6.45, 7) is 0. The van der Waals surface area contributed by atoms with Crippen LogP contribution in [0.1, 0.15) is 10.4 Å². The average Bonchev–Trinajstić information content (AvgIpc) is 2.95. The Bertz CT molecular complexity index is 822. The molecule has 0 aliphatic carbocycles. The lowest BCUT2D eigenvalue weighted by Gasteiger charge is -2.18. The maximum atomic E-state index is 11.5. The van der Waals surface area contributed by atoms with Crippen LogP contribution in [-0.4, -0.2) is 34.6 Å². The number of carbonyl (C=O) groups excluding carboxylic acids is 1. The van der Waals surface area contributed by atoms with Crippen molar-refractivity contribution in [2.75, 3.05) is 19.0 Å². The lowest BCUT2D eigenvalue weighted by molar-refractivity contribution is 0.100. The van der Waals surface area contributed by atoms with Crippen LogP contribution in [0.25, 0.3) is 16.9 Å². The number of hydrogen-bond donors (Lipinski definition) is 1. The lowest BCUT2D eigenvalue weighted by Crippen LogP contribution is -2.14. The summed E-state index contributed by atoms with van der Waals surface area (Å²) in [5.41, 5.74) is 9.13. The molecule has 21 heavy (non-hydrogen) atoms. The molecule has 3 rings (SSSR count). The summed E-state index contributed by atoms with van der Waals surface area (Å²) in [5.74, 6) is -0.513. The minimum atomic E-state index is -0.513. The Morgan fingerprint density at radius 1 is 1.19 bits per heavy atom. The number of carbonyl (C=O) groups is 1. The van der Waals surface area contributed by atoms with Crippen LogP contribution >= 0.6 is 0 Å². The summed E-state index contributed by atoms with van der Waals surface area (Å²) < 4.78 is 1.64. The zero-order valence-corrected chi connectivity index (χ0v) is 11.8. The van der Waals surface area contributed by atoms with Gasteiger partial charge in [0.2, 0.25) is 0 Å². The molecule has 0 atom stereocenters. The second kappa shape index (κ2) is 4.90. The number of hydrogen-bond acceptors (Lipinski definition) is 4. The van der Waals surface area contributed by atoms with E-state index in [2.05, 4.69) is 10.1 Å². The van der Waals surface area contributed by atoms with Gasteiger partial charge in [-0.1, -0.05) is 18.2 Å². The molecule has 0 saturated heterocycles. The van der Waals surface area contributed by atoms with E-state index in [1.807, 2.05) is 49.3 Å². The molecule has 3 aromatic rings. The third kappa shape index (κ3) is 2.10. The number of rotatable bonds is 3. The van der Waals surface area contributed by atoms with Gasteiger partial charge in [-0.3, -0.25) is 4.79 Å². The number of anilines is 1. The smallest absolute Gasteiger partial charge is 0.252 e. The molecule has 2 N–H and O–H groups in total. The lowest BCUT2D eigenvalue weighted by atomic mass is 10.1. The topological polar surface area (TPSA) is 76.5 Å². The zero-order valence-electron chi connectivity index (χ0n) is 11.8. The Morgan fingerprint density at radius 2 is 1.95 bits per heavy atom. The van der Waals surface area contributed by atoms with E-state index in [0.717, 1.165) is 16.9 Å². The number of aromatic nitrogens is 3. The van der Waals surface area contributed by atoms with E-state index < -0.39 is 5.91 Å². The van der Waals surface area contributed by atoms with Crippen molar-refractivity contribution >= 4 is 17.2 Å². The third-order valence-corrected chi connectivity index (χ3v) is 3.35. The van der Waals surface area contributed by atoms with Gasteiger partial charge in [0, 0.05) is 25.3 Å². The molecule has 0 bridgehead atoms. The van der Waals surface area contributed by atoms with Crippen LogP contribution in [0.5, 0.6) is 0 Å². The van der Waals surface area contributed by atoms with Crippen LogP contribution in [0.2, 0.25) is 0 Å². The molecule has 0 radical (unpaired) electrons. The van der Waals surface area contributed by atoms with Crippen molar-refractivity contribution in [1.29, 1.82) is 0 Å². The number of nitrogens with zero attached hydrogens (tertiary/aromatic N) is 4. The molecule has 0 unspecified atom stereocenters. The van der Waals surface area contributed by atoms with Gasteiger partial charge in [0.05, 0.1) is 11.3 Å². The first-order valence-corrected chi connectivity index (χ1v) is 6.49. The van der Waals surface area contributed by atoms with Crippen molar-refractivity contribution in [2.24, 2.45) is 5.73 Å². The molecule has 0 aliphatic rings. The zero-order chi connectivity index (χ0) is 15.0. The SMILES string of the molecule is CN(C)c1ccccc1-c1ccc(C(N)=O)c2ncnn12. The Morgan fingerprint density at radius 3 is 2.67 bits per heavy atom. The minimum Gasteiger partial charge on any atom is -0.377 e. The van der Waals surface area contributed by atoms with E-state index in [9.17, 15) is 4.79 Å². The maximum absolute atomic E-state index is 11.5. The minimum absolute atomic E-state index is 0.360. The van der Waals surface area contributed by atoms with E-state index in [1.54, 1.807) is 10.6 Å². The quantitative estimate of drug-likeness (QED) is 0.790. The summed E-state index contributed by atoms with van der Waals surface area (Å²) in [7, 11) is 3.96. The average molecular weight is 281 g/mol. The van der Waals surface area contributed by atoms with Crippen molar-refractivity contribution in [3.05, 3.63) is 48.3 Å². The Hall–Kier alpha value is -2.89. The van der Waals surface area contributed by atoms with Gasteiger partial charge in [-0.05, 0) is 18.2 Å². The first-order chi connectivity index (χ1) is 10.1. The van der Waals surface area contributed by atoms with Crippen LogP contribution in [0.15, 0.2) is 42.7 Å². The molecule has 106 valence electrons. The number of para-hydroxylation sites is 1. The van der Waals surface area contributed by atoms with Gasteiger partial charge in [-0.25, -0.2) is 9.50 Å². The number of fused-ring (bicyclic) bond motifs is 1. The standard InChI is InChI=1S/C15H15N5O/c1-19(2)12-6-4-3-5-10(12)13-8-7-11(14(16)21)15-17-9-18-20(13)15/h3-9H,1-2H3,(H2,16,21). The number of nitrogens with two attached hydrogens (primary N) is 1. The summed E-state index contributed by atoms with van der Waals surface area (Å²) in [4.78, 5) is 17.6. The first-order valence-electron chi connectivity index (χ1n) is 6.49. The van der Waals surface area contributed by atoms with Crippen LogP contribution in [0.3, 0.4) is 0 Å². The van der Waals surface area contributed by atoms with Crippen LogP contribution < -0.4 is 10.6 Å². The van der Waals surface area contributed by atoms with Crippen molar-refractivity contribution in [3.8, 4) is 11.3 Å². The van der Waals surface area contributed by atoms with Gasteiger partial charge in [-0.15, -0.1) is 0 Å². The Kier molecular flexibility index (Phi) is 3.06. The van der Waals surface area contributed by atoms with Gasteiger partial charge in [0.15, 0.2) is 5.65 Å². The molecule has 6 nitrogen and oxygen atoms in total. The van der Waals surface area contributed by atoms with Gasteiger partial charge in [0.25, 0.3) is 5.91 Å². The second-order valence-corrected chi connectivity index (χ2v) is 4.90. The third-order valence-electron chi connectivity index (χ3n) is 3.35. The number of benzene rings is 1. The van der Waals surface area contributed by atoms with E-state index >= 15 is 0 Å². The number of amides is 1. The number of pyridine rings is 1. The van der Waals surface area contributed by atoms with Crippen molar-refractivity contribution in [1.82, 2.24) is 14.6 Å². The Labute approximate surface area is 121 Å². The van der Waals surface area contributed by atoms with Crippen LogP contribution in [-0.2, 0) is 0 Å². The predicted molar refractivity (Wildman–Crippen MR) is 81.3 cm³/mol. The molecule has 0 spiro atoms. The molecule has 2 aromatic heterocycles. The molecular formula is C15H15N5O. The van der Waals surface area contributed by atoms with E-state index in [-0.39, 0.29) is 0 Å². The largest absolute Gasteiger partial charge is 0.377 e. The first kappa shape index (κ1) is 13.1. The fourth-order valence-electron chi connectivity index (χ4n) is 2.39. The Balaban J connectivity index is 2.30. The van der Waals surface area contributed by atoms with Gasteiger partial charge < -0.3 is 10.6 Å². The summed E-state index contributed by atoms with van der Waals surface area (Å²) in [5, 5.41) is 4.22. The van der Waals surface area contributed by atoms with Gasteiger partial charge in [-0.2, -0.15) is 5.10 Å².